The minimum Gasteiger partial charge on any atom is -0.354 e. The molecule has 1 aliphatic rings. The summed E-state index contributed by atoms with van der Waals surface area (Å²) in [5.74, 6) is 0.903. The maximum Gasteiger partial charge on any atom is 0.244 e. The number of hydrogen-bond donors (Lipinski definition) is 1. The molecule has 2 aromatic heterocycles. The Kier molecular flexibility index (Phi) is 6.45. The zero-order valence-corrected chi connectivity index (χ0v) is 19.1. The second-order valence-corrected chi connectivity index (χ2v) is 11.1. The van der Waals surface area contributed by atoms with E-state index in [9.17, 15) is 13.2 Å². The second kappa shape index (κ2) is 8.53. The Morgan fingerprint density at radius 3 is 2.48 bits per heavy atom. The monoisotopic (exact) mass is 440 g/mol. The Balaban J connectivity index is 1.75. The fourth-order valence-electron chi connectivity index (χ4n) is 3.30. The van der Waals surface area contributed by atoms with Gasteiger partial charge in [-0.25, -0.2) is 8.42 Å². The van der Waals surface area contributed by atoms with Crippen molar-refractivity contribution >= 4 is 27.3 Å². The third-order valence-electron chi connectivity index (χ3n) is 4.90. The van der Waals surface area contributed by atoms with E-state index in [4.69, 9.17) is 4.52 Å². The van der Waals surface area contributed by atoms with Gasteiger partial charge in [0.15, 0.2) is 0 Å². The van der Waals surface area contributed by atoms with Gasteiger partial charge >= 0.3 is 0 Å². The van der Waals surface area contributed by atoms with E-state index in [-0.39, 0.29) is 28.7 Å². The van der Waals surface area contributed by atoms with Crippen LogP contribution in [-0.2, 0) is 14.8 Å². The van der Waals surface area contributed by atoms with Crippen molar-refractivity contribution in [2.45, 2.75) is 64.3 Å². The van der Waals surface area contributed by atoms with Crippen LogP contribution >= 0.6 is 11.3 Å². The van der Waals surface area contributed by atoms with Crippen molar-refractivity contribution in [3.8, 4) is 10.7 Å². The molecule has 3 heterocycles. The highest BCUT2D eigenvalue weighted by Crippen LogP contribution is 2.35. The first-order valence-corrected chi connectivity index (χ1v) is 12.1. The van der Waals surface area contributed by atoms with E-state index >= 15 is 0 Å². The minimum atomic E-state index is -3.64. The molecular formula is C19H28N4O4S2. The maximum atomic E-state index is 13.2. The molecule has 0 spiro atoms. The number of hydrogen-bond acceptors (Lipinski definition) is 7. The van der Waals surface area contributed by atoms with Gasteiger partial charge in [0.1, 0.15) is 0 Å². The van der Waals surface area contributed by atoms with Crippen molar-refractivity contribution in [2.75, 3.05) is 13.1 Å². The van der Waals surface area contributed by atoms with Crippen LogP contribution in [-0.4, -0.2) is 47.9 Å². The molecule has 1 saturated heterocycles. The fourth-order valence-corrected chi connectivity index (χ4v) is 6.26. The van der Waals surface area contributed by atoms with Crippen molar-refractivity contribution in [2.24, 2.45) is 5.92 Å². The molecule has 1 fully saturated rings. The number of piperidine rings is 1. The van der Waals surface area contributed by atoms with Gasteiger partial charge in [0.25, 0.3) is 0 Å². The van der Waals surface area contributed by atoms with Crippen LogP contribution < -0.4 is 5.32 Å². The summed E-state index contributed by atoms with van der Waals surface area (Å²) in [6.07, 6.45) is 1.05. The van der Waals surface area contributed by atoms with E-state index in [1.165, 1.54) is 15.6 Å². The molecule has 0 radical (unpaired) electrons. The summed E-state index contributed by atoms with van der Waals surface area (Å²) < 4.78 is 33.1. The van der Waals surface area contributed by atoms with Crippen LogP contribution in [0.25, 0.3) is 10.7 Å². The third-order valence-corrected chi connectivity index (χ3v) is 8.10. The smallest absolute Gasteiger partial charge is 0.244 e. The number of carbonyl (C=O) groups is 1. The summed E-state index contributed by atoms with van der Waals surface area (Å²) in [6.45, 7) is 10.2. The highest BCUT2D eigenvalue weighted by atomic mass is 32.2. The lowest BCUT2D eigenvalue weighted by atomic mass is 9.97. The quantitative estimate of drug-likeness (QED) is 0.740. The molecule has 8 nitrogen and oxygen atoms in total. The highest BCUT2D eigenvalue weighted by Gasteiger charge is 2.34. The first kappa shape index (κ1) is 21.9. The number of aromatic nitrogens is 2. The minimum absolute atomic E-state index is 0.00381. The van der Waals surface area contributed by atoms with E-state index in [0.29, 0.717) is 47.4 Å². The molecule has 160 valence electrons. The Morgan fingerprint density at radius 2 is 1.93 bits per heavy atom. The average molecular weight is 441 g/mol. The number of sulfonamides is 1. The van der Waals surface area contributed by atoms with Crippen LogP contribution in [0.15, 0.2) is 15.5 Å². The van der Waals surface area contributed by atoms with Gasteiger partial charge < -0.3 is 9.84 Å². The molecule has 3 rings (SSSR count). The third kappa shape index (κ3) is 4.70. The molecular weight excluding hydrogens is 412 g/mol. The van der Waals surface area contributed by atoms with Crippen molar-refractivity contribution in [3.63, 3.8) is 0 Å². The molecule has 0 atom stereocenters. The average Bonchev–Trinajstić information content (AvgIpc) is 3.28. The maximum absolute atomic E-state index is 13.2. The second-order valence-electron chi connectivity index (χ2n) is 7.98. The van der Waals surface area contributed by atoms with Gasteiger partial charge in [-0.15, -0.1) is 11.3 Å². The number of nitrogens with one attached hydrogen (secondary N) is 1. The summed E-state index contributed by atoms with van der Waals surface area (Å²) in [7, 11) is -3.64. The van der Waals surface area contributed by atoms with Crippen LogP contribution in [0.5, 0.6) is 0 Å². The van der Waals surface area contributed by atoms with E-state index in [2.05, 4.69) is 15.5 Å². The summed E-state index contributed by atoms with van der Waals surface area (Å²) in [4.78, 5) is 18.2. The fraction of sp³-hybridized carbons (Fsp3) is 0.632. The standard InChI is InChI=1S/C19H28N4O4S2/c1-11(2)19-21-17(22-27-19)15-10-16(13(5)28-15)29(25,26)23-8-6-14(7-9-23)18(24)20-12(3)4/h10-12,14H,6-9H2,1-5H3,(H,20,24). The van der Waals surface area contributed by atoms with Crippen LogP contribution in [0.4, 0.5) is 0 Å². The van der Waals surface area contributed by atoms with Crippen molar-refractivity contribution in [1.82, 2.24) is 19.8 Å². The van der Waals surface area contributed by atoms with Crippen LogP contribution in [0.3, 0.4) is 0 Å². The van der Waals surface area contributed by atoms with Gasteiger partial charge in [0.2, 0.25) is 27.6 Å². The molecule has 1 N–H and O–H groups in total. The zero-order chi connectivity index (χ0) is 21.3. The predicted octanol–water partition coefficient (Wildman–Crippen LogP) is 3.16. The van der Waals surface area contributed by atoms with E-state index < -0.39 is 10.0 Å². The molecule has 0 saturated carbocycles. The number of carbonyl (C=O) groups excluding carboxylic acids is 1. The molecule has 0 unspecified atom stereocenters. The number of thiophene rings is 1. The van der Waals surface area contributed by atoms with Gasteiger partial charge in [-0.05, 0) is 39.7 Å². The van der Waals surface area contributed by atoms with Crippen LogP contribution in [0, 0.1) is 12.8 Å². The van der Waals surface area contributed by atoms with Gasteiger partial charge in [0.05, 0.1) is 9.77 Å². The molecule has 2 aromatic rings. The zero-order valence-electron chi connectivity index (χ0n) is 17.4. The normalized spacial score (nSPS) is 16.7. The van der Waals surface area contributed by atoms with Gasteiger partial charge in [-0.3, -0.25) is 4.79 Å². The van der Waals surface area contributed by atoms with Gasteiger partial charge in [0, 0.05) is 35.8 Å². The summed E-state index contributed by atoms with van der Waals surface area (Å²) in [6, 6.07) is 1.71. The summed E-state index contributed by atoms with van der Waals surface area (Å²) in [5.41, 5.74) is 0. The van der Waals surface area contributed by atoms with E-state index in [1.54, 1.807) is 13.0 Å². The Bertz CT molecular complexity index is 970. The highest BCUT2D eigenvalue weighted by molar-refractivity contribution is 7.89. The number of amides is 1. The molecule has 0 bridgehead atoms. The summed E-state index contributed by atoms with van der Waals surface area (Å²) >= 11 is 1.34. The van der Waals surface area contributed by atoms with Crippen LogP contribution in [0.1, 0.15) is 57.2 Å². The molecule has 29 heavy (non-hydrogen) atoms. The Labute approximate surface area is 175 Å². The molecule has 0 aliphatic carbocycles. The first-order chi connectivity index (χ1) is 13.6. The van der Waals surface area contributed by atoms with Crippen molar-refractivity contribution in [1.29, 1.82) is 0 Å². The van der Waals surface area contributed by atoms with E-state index in [0.717, 1.165) is 0 Å². The molecule has 1 amide bonds. The SMILES string of the molecule is Cc1sc(-c2noc(C(C)C)n2)cc1S(=O)(=O)N1CCC(C(=O)NC(C)C)CC1. The largest absolute Gasteiger partial charge is 0.354 e. The lowest BCUT2D eigenvalue weighted by molar-refractivity contribution is -0.126. The first-order valence-electron chi connectivity index (χ1n) is 9.84. The van der Waals surface area contributed by atoms with Gasteiger partial charge in [-0.2, -0.15) is 9.29 Å². The number of nitrogens with zero attached hydrogens (tertiary/aromatic N) is 3. The predicted molar refractivity (Wildman–Crippen MR) is 111 cm³/mol. The van der Waals surface area contributed by atoms with Crippen molar-refractivity contribution < 1.29 is 17.7 Å². The van der Waals surface area contributed by atoms with Crippen LogP contribution in [0.2, 0.25) is 0 Å². The Hall–Kier alpha value is -1.78. The van der Waals surface area contributed by atoms with E-state index in [1.807, 2.05) is 27.7 Å². The number of rotatable bonds is 6. The lowest BCUT2D eigenvalue weighted by Crippen LogP contribution is -2.44. The molecule has 10 heteroatoms. The molecule has 0 aromatic carbocycles. The summed E-state index contributed by atoms with van der Waals surface area (Å²) in [5, 5.41) is 6.89. The topological polar surface area (TPSA) is 105 Å². The van der Waals surface area contributed by atoms with Gasteiger partial charge in [-0.1, -0.05) is 19.0 Å². The lowest BCUT2D eigenvalue weighted by Gasteiger charge is -2.30. The number of aryl methyl sites for hydroxylation is 1. The van der Waals surface area contributed by atoms with Crippen molar-refractivity contribution in [3.05, 3.63) is 16.8 Å². The Morgan fingerprint density at radius 1 is 1.28 bits per heavy atom. The molecule has 1 aliphatic heterocycles.